The van der Waals surface area contributed by atoms with E-state index in [1.807, 2.05) is 0 Å². The van der Waals surface area contributed by atoms with Crippen LogP contribution in [0.5, 0.6) is 5.75 Å². The lowest BCUT2D eigenvalue weighted by atomic mass is 9.70. The Balaban J connectivity index is 1.78. The van der Waals surface area contributed by atoms with Gasteiger partial charge in [0.1, 0.15) is 17.2 Å². The van der Waals surface area contributed by atoms with Gasteiger partial charge in [0.05, 0.1) is 6.61 Å². The summed E-state index contributed by atoms with van der Waals surface area (Å²) in [4.78, 5) is 0. The van der Waals surface area contributed by atoms with Gasteiger partial charge in [-0.3, -0.25) is 0 Å². The summed E-state index contributed by atoms with van der Waals surface area (Å²) in [6, 6.07) is 13.3. The van der Waals surface area contributed by atoms with E-state index in [1.165, 1.54) is 17.5 Å². The van der Waals surface area contributed by atoms with Gasteiger partial charge in [-0.15, -0.1) is 0 Å². The molecule has 0 spiro atoms. The van der Waals surface area contributed by atoms with Gasteiger partial charge in [0.2, 0.25) is 0 Å². The molecule has 0 aliphatic heterocycles. The minimum Gasteiger partial charge on any atom is -0.493 e. The lowest BCUT2D eigenvalue weighted by Gasteiger charge is -2.34. The monoisotopic (exact) mass is 503 g/mol. The van der Waals surface area contributed by atoms with Gasteiger partial charge in [-0.1, -0.05) is 56.4 Å². The lowest BCUT2D eigenvalue weighted by Crippen LogP contribution is -2.29. The summed E-state index contributed by atoms with van der Waals surface area (Å²) in [5, 5.41) is 14.3. The normalized spacial score (nSPS) is 15.6. The summed E-state index contributed by atoms with van der Waals surface area (Å²) in [7, 11) is 0. The van der Waals surface area contributed by atoms with Gasteiger partial charge < -0.3 is 21.4 Å². The van der Waals surface area contributed by atoms with E-state index in [1.54, 1.807) is 0 Å². The van der Waals surface area contributed by atoms with Crippen LogP contribution < -0.4 is 16.3 Å². The second kappa shape index (κ2) is 13.0. The summed E-state index contributed by atoms with van der Waals surface area (Å²) in [5.74, 6) is 13.1. The minimum absolute atomic E-state index is 0.0827. The summed E-state index contributed by atoms with van der Waals surface area (Å²) in [6.07, 6.45) is 9.36. The van der Waals surface area contributed by atoms with Crippen molar-refractivity contribution in [1.82, 2.24) is 0 Å². The van der Waals surface area contributed by atoms with Crippen molar-refractivity contribution in [3.8, 4) is 17.6 Å². The minimum atomic E-state index is -0.826. The first kappa shape index (κ1) is 28.6. The largest absolute Gasteiger partial charge is 0.493 e. The fraction of sp³-hybridized carbons (Fsp3) is 0.531. The van der Waals surface area contributed by atoms with Gasteiger partial charge in [0.15, 0.2) is 0 Å². The van der Waals surface area contributed by atoms with E-state index in [-0.39, 0.29) is 5.41 Å². The maximum atomic E-state index is 10.8. The number of unbranched alkanes of at least 4 members (excludes halogenated alkanes) is 1. The highest BCUT2D eigenvalue weighted by Crippen LogP contribution is 2.41. The molecular weight excluding hydrogens is 458 g/mol. The second-order valence-electron chi connectivity index (χ2n) is 10.6. The number of ether oxygens (including phenoxy) is 1. The number of amidine groups is 1. The van der Waals surface area contributed by atoms with E-state index in [2.05, 4.69) is 81.0 Å². The van der Waals surface area contributed by atoms with Gasteiger partial charge in [0, 0.05) is 17.4 Å². The zero-order valence-electron chi connectivity index (χ0n) is 23.2. The number of hydrogen-bond acceptors (Lipinski definition) is 4. The Morgan fingerprint density at radius 2 is 1.65 bits per heavy atom. The fourth-order valence-corrected chi connectivity index (χ4v) is 5.54. The second-order valence-corrected chi connectivity index (χ2v) is 10.6. The summed E-state index contributed by atoms with van der Waals surface area (Å²) in [6.45, 7) is 9.42. The molecule has 1 fully saturated rings. The number of hydrazone groups is 1. The van der Waals surface area contributed by atoms with Crippen molar-refractivity contribution in [2.75, 3.05) is 6.61 Å². The molecule has 5 nitrogen and oxygen atoms in total. The van der Waals surface area contributed by atoms with Crippen LogP contribution in [0.25, 0.3) is 0 Å². The molecule has 2 aromatic carbocycles. The van der Waals surface area contributed by atoms with Gasteiger partial charge in [-0.25, -0.2) is 0 Å². The maximum Gasteiger partial charge on any atom is 0.125 e. The molecular formula is C32H45N3O2. The van der Waals surface area contributed by atoms with Crippen LogP contribution in [0.2, 0.25) is 0 Å². The Kier molecular flexibility index (Phi) is 10.1. The highest BCUT2D eigenvalue weighted by atomic mass is 16.5. The van der Waals surface area contributed by atoms with E-state index in [9.17, 15) is 5.11 Å². The number of rotatable bonds is 10. The molecule has 0 unspecified atom stereocenters. The zero-order valence-corrected chi connectivity index (χ0v) is 23.2. The Hall–Kier alpha value is -2.97. The van der Waals surface area contributed by atoms with Crippen molar-refractivity contribution in [1.29, 1.82) is 0 Å². The van der Waals surface area contributed by atoms with E-state index >= 15 is 0 Å². The molecule has 37 heavy (non-hydrogen) atoms. The third-order valence-corrected chi connectivity index (χ3v) is 8.07. The molecule has 5 heteroatoms. The standard InChI is InChI=1S/C32H45N3O2/c1-5-32(6-2,28-15-16-29(25(4)23-28)37-21-11-8-12-30(33)35-34)27-14-13-26(24(3)22-27)17-20-31(36)18-9-7-10-19-31/h13-16,22-23,36H,5-12,18-19,21,34H2,1-4H3,(H2,33,35). The van der Waals surface area contributed by atoms with Crippen LogP contribution in [0.3, 0.4) is 0 Å². The van der Waals surface area contributed by atoms with E-state index in [0.29, 0.717) is 18.9 Å². The first-order chi connectivity index (χ1) is 17.8. The van der Waals surface area contributed by atoms with Crippen LogP contribution in [0.1, 0.15) is 106 Å². The van der Waals surface area contributed by atoms with Crippen LogP contribution in [-0.4, -0.2) is 23.2 Å². The molecule has 1 aliphatic rings. The molecule has 0 radical (unpaired) electrons. The van der Waals surface area contributed by atoms with Crippen molar-refractivity contribution in [3.63, 3.8) is 0 Å². The number of nitrogens with zero attached hydrogens (tertiary/aromatic N) is 1. The van der Waals surface area contributed by atoms with Crippen LogP contribution >= 0.6 is 0 Å². The molecule has 2 aromatic rings. The Morgan fingerprint density at radius 1 is 1.00 bits per heavy atom. The van der Waals surface area contributed by atoms with Gasteiger partial charge in [-0.05, 0) is 99.6 Å². The number of aryl methyl sites for hydroxylation is 2. The molecule has 0 heterocycles. The predicted molar refractivity (Wildman–Crippen MR) is 154 cm³/mol. The topological polar surface area (TPSA) is 93.9 Å². The third kappa shape index (κ3) is 7.08. The number of hydrogen-bond donors (Lipinski definition) is 3. The summed E-state index contributed by atoms with van der Waals surface area (Å²) >= 11 is 0. The van der Waals surface area contributed by atoms with E-state index in [0.717, 1.165) is 73.8 Å². The number of benzene rings is 2. The molecule has 200 valence electrons. The van der Waals surface area contributed by atoms with Crippen molar-refractivity contribution in [2.45, 2.75) is 103 Å². The molecule has 1 saturated carbocycles. The lowest BCUT2D eigenvalue weighted by molar-refractivity contribution is 0.0610. The highest BCUT2D eigenvalue weighted by molar-refractivity contribution is 5.79. The van der Waals surface area contributed by atoms with E-state index in [4.69, 9.17) is 16.3 Å². The molecule has 0 amide bonds. The molecule has 1 aliphatic carbocycles. The zero-order chi connectivity index (χ0) is 26.9. The molecule has 3 rings (SSSR count). The molecule has 0 aromatic heterocycles. The highest BCUT2D eigenvalue weighted by Gasteiger charge is 2.31. The Bertz CT molecular complexity index is 1130. The summed E-state index contributed by atoms with van der Waals surface area (Å²) < 4.78 is 6.07. The van der Waals surface area contributed by atoms with Gasteiger partial charge in [-0.2, -0.15) is 5.10 Å². The predicted octanol–water partition coefficient (Wildman–Crippen LogP) is 6.24. The van der Waals surface area contributed by atoms with Crippen molar-refractivity contribution in [2.24, 2.45) is 16.7 Å². The van der Waals surface area contributed by atoms with Gasteiger partial charge in [0.25, 0.3) is 0 Å². The van der Waals surface area contributed by atoms with Crippen LogP contribution in [0.4, 0.5) is 0 Å². The molecule has 0 atom stereocenters. The van der Waals surface area contributed by atoms with Crippen molar-refractivity contribution >= 4 is 5.84 Å². The first-order valence-electron chi connectivity index (χ1n) is 13.9. The first-order valence-corrected chi connectivity index (χ1v) is 13.9. The van der Waals surface area contributed by atoms with Crippen LogP contribution in [0.15, 0.2) is 41.5 Å². The summed E-state index contributed by atoms with van der Waals surface area (Å²) in [5.41, 5.74) is 10.7. The Morgan fingerprint density at radius 3 is 2.24 bits per heavy atom. The molecule has 0 bridgehead atoms. The Labute approximate surface area is 223 Å². The van der Waals surface area contributed by atoms with Crippen LogP contribution in [-0.2, 0) is 5.41 Å². The SMILES string of the molecule is CCC(CC)(c1ccc(C#CC2(O)CCCCC2)c(C)c1)c1ccc(OCCCC/C(N)=N/N)c(C)c1. The smallest absolute Gasteiger partial charge is 0.125 e. The average molecular weight is 504 g/mol. The molecule has 5 N–H and O–H groups in total. The average Bonchev–Trinajstić information content (AvgIpc) is 2.90. The van der Waals surface area contributed by atoms with Gasteiger partial charge >= 0.3 is 0 Å². The fourth-order valence-electron chi connectivity index (χ4n) is 5.54. The quantitative estimate of drug-likeness (QED) is 0.0894. The third-order valence-electron chi connectivity index (χ3n) is 8.07. The maximum absolute atomic E-state index is 10.8. The number of nitrogens with two attached hydrogens (primary N) is 2. The number of aliphatic hydroxyl groups is 1. The van der Waals surface area contributed by atoms with E-state index < -0.39 is 5.60 Å². The van der Waals surface area contributed by atoms with Crippen molar-refractivity contribution in [3.05, 3.63) is 64.2 Å². The van der Waals surface area contributed by atoms with Crippen molar-refractivity contribution < 1.29 is 9.84 Å². The van der Waals surface area contributed by atoms with Crippen LogP contribution in [0, 0.1) is 25.7 Å². The molecule has 0 saturated heterocycles.